The van der Waals surface area contributed by atoms with Gasteiger partial charge in [0.05, 0.1) is 19.3 Å². The van der Waals surface area contributed by atoms with Gasteiger partial charge < -0.3 is 58.3 Å². The number of carboxylic acids is 1. The first-order valence-electron chi connectivity index (χ1n) is 17.4. The van der Waals surface area contributed by atoms with Gasteiger partial charge in [0.1, 0.15) is 36.3 Å². The second kappa shape index (κ2) is 21.7. The van der Waals surface area contributed by atoms with Gasteiger partial charge in [0.2, 0.25) is 35.4 Å². The molecule has 0 spiro atoms. The molecule has 0 aliphatic carbocycles. The number of unbranched alkanes of at least 4 members (excludes halogenated alkanes) is 1. The Morgan fingerprint density at radius 3 is 2.13 bits per heavy atom. The average Bonchev–Trinajstić information content (AvgIpc) is 3.61. The Bertz CT molecular complexity index is 1380. The number of hydrogen-bond acceptors (Lipinski definition) is 11. The quantitative estimate of drug-likeness (QED) is 0.0561. The monoisotopic (exact) mass is 734 g/mol. The Morgan fingerprint density at radius 2 is 1.56 bits per heavy atom. The molecule has 1 aliphatic rings. The molecule has 6 amide bonds. The van der Waals surface area contributed by atoms with Crippen LogP contribution in [0.2, 0.25) is 0 Å². The highest BCUT2D eigenvalue weighted by Gasteiger charge is 2.41. The Kier molecular flexibility index (Phi) is 18.1. The van der Waals surface area contributed by atoms with Gasteiger partial charge in [-0.2, -0.15) is 0 Å². The van der Waals surface area contributed by atoms with Crippen LogP contribution in [0, 0.1) is 5.92 Å². The number of aliphatic carboxylic acids is 1. The molecular weight excluding hydrogens is 680 g/mol. The molecule has 12 N–H and O–H groups in total. The fourth-order valence-electron chi connectivity index (χ4n) is 5.60. The van der Waals surface area contributed by atoms with Crippen LogP contribution in [-0.4, -0.2) is 130 Å². The zero-order valence-corrected chi connectivity index (χ0v) is 29.9. The number of nitrogens with two attached hydrogens (primary N) is 2. The highest BCUT2D eigenvalue weighted by Crippen LogP contribution is 2.20. The molecule has 7 atom stereocenters. The third-order valence-electron chi connectivity index (χ3n) is 8.58. The number of hydrogen-bond donors (Lipinski definition) is 10. The van der Waals surface area contributed by atoms with E-state index in [1.807, 2.05) is 0 Å². The van der Waals surface area contributed by atoms with Crippen LogP contribution in [0.1, 0.15) is 58.4 Å². The lowest BCUT2D eigenvalue weighted by molar-refractivity contribution is -0.146. The fourth-order valence-corrected chi connectivity index (χ4v) is 5.60. The van der Waals surface area contributed by atoms with Crippen LogP contribution in [-0.2, 0) is 40.0 Å². The molecule has 1 aromatic carbocycles. The van der Waals surface area contributed by atoms with Crippen molar-refractivity contribution in [3.05, 3.63) is 35.9 Å². The molecule has 0 bridgehead atoms. The number of nitrogens with one attached hydrogen (secondary N) is 5. The Hall–Kier alpha value is -4.65. The second-order valence-electron chi connectivity index (χ2n) is 13.1. The summed E-state index contributed by atoms with van der Waals surface area (Å²) in [6.07, 6.45) is 0.375. The molecule has 1 saturated heterocycles. The summed E-state index contributed by atoms with van der Waals surface area (Å²) >= 11 is 0. The summed E-state index contributed by atoms with van der Waals surface area (Å²) in [5, 5.41) is 41.8. The fraction of sp³-hybridized carbons (Fsp3) is 0.618. The maximum Gasteiger partial charge on any atom is 0.326 e. The summed E-state index contributed by atoms with van der Waals surface area (Å²) in [4.78, 5) is 91.9. The normalized spacial score (nSPS) is 17.5. The van der Waals surface area contributed by atoms with Crippen molar-refractivity contribution in [2.24, 2.45) is 17.4 Å². The van der Waals surface area contributed by atoms with Gasteiger partial charge >= 0.3 is 5.97 Å². The lowest BCUT2D eigenvalue weighted by Gasteiger charge is -2.32. The molecule has 0 aromatic heterocycles. The van der Waals surface area contributed by atoms with E-state index in [9.17, 15) is 43.8 Å². The van der Waals surface area contributed by atoms with Crippen LogP contribution in [0.4, 0.5) is 0 Å². The van der Waals surface area contributed by atoms with E-state index in [1.165, 1.54) is 11.8 Å². The van der Waals surface area contributed by atoms with E-state index in [0.717, 1.165) is 0 Å². The van der Waals surface area contributed by atoms with E-state index in [4.69, 9.17) is 16.6 Å². The predicted molar refractivity (Wildman–Crippen MR) is 188 cm³/mol. The standard InChI is InChI=1S/C34H54N8O10/c1-19(2)27(40-26(45)17-37-29(46)22(36)18-43)32(49)39-24(16-21-10-5-4-6-11-21)30(47)41-28(20(3)44)33(50)42-15-9-13-25(42)31(48)38-23(34(51)52)12-7-8-14-35/h4-6,10-11,19-20,22-25,27-28,43-44H,7-9,12-18,35-36H2,1-3H3,(H,37,46)(H,38,48)(H,39,49)(H,40,45)(H,41,47)(H,51,52)/t20-,22+,23+,24+,25+,27+,28+/m1/s1. The summed E-state index contributed by atoms with van der Waals surface area (Å²) in [5.41, 5.74) is 11.6. The smallest absolute Gasteiger partial charge is 0.326 e. The number of carbonyl (C=O) groups is 7. The van der Waals surface area contributed by atoms with E-state index in [0.29, 0.717) is 31.4 Å². The SMILES string of the molecule is CC(C)[C@H](NC(=O)CNC(=O)[C@@H](N)CO)C(=O)N[C@@H](Cc1ccccc1)C(=O)N[C@H](C(=O)N1CCC[C@H]1C(=O)N[C@@H](CCCCN)C(=O)O)[C@@H](C)O. The van der Waals surface area contributed by atoms with Gasteiger partial charge in [-0.1, -0.05) is 44.2 Å². The average molecular weight is 735 g/mol. The zero-order chi connectivity index (χ0) is 39.0. The molecule has 18 nitrogen and oxygen atoms in total. The summed E-state index contributed by atoms with van der Waals surface area (Å²) in [6, 6.07) is 1.20. The number of aliphatic hydroxyl groups excluding tert-OH is 2. The molecule has 1 aliphatic heterocycles. The summed E-state index contributed by atoms with van der Waals surface area (Å²) < 4.78 is 0. The molecule has 0 unspecified atom stereocenters. The molecule has 0 saturated carbocycles. The van der Waals surface area contributed by atoms with Crippen molar-refractivity contribution < 1.29 is 48.9 Å². The van der Waals surface area contributed by atoms with Crippen molar-refractivity contribution in [3.8, 4) is 0 Å². The van der Waals surface area contributed by atoms with Crippen molar-refractivity contribution in [3.63, 3.8) is 0 Å². The molecule has 290 valence electrons. The summed E-state index contributed by atoms with van der Waals surface area (Å²) in [5.74, 6) is -6.22. The summed E-state index contributed by atoms with van der Waals surface area (Å²) in [6.45, 7) is 3.91. The number of benzene rings is 1. The van der Waals surface area contributed by atoms with Crippen LogP contribution in [0.5, 0.6) is 0 Å². The number of rotatable bonds is 21. The first-order valence-corrected chi connectivity index (χ1v) is 17.4. The minimum Gasteiger partial charge on any atom is -0.480 e. The van der Waals surface area contributed by atoms with Crippen LogP contribution in [0.3, 0.4) is 0 Å². The number of likely N-dealkylation sites (tertiary alicyclic amines) is 1. The third-order valence-corrected chi connectivity index (χ3v) is 8.58. The lowest BCUT2D eigenvalue weighted by atomic mass is 10.0. The van der Waals surface area contributed by atoms with Crippen molar-refractivity contribution >= 4 is 41.4 Å². The molecular formula is C34H54N8O10. The number of aliphatic hydroxyl groups is 2. The molecule has 18 heteroatoms. The minimum atomic E-state index is -1.54. The first-order chi connectivity index (χ1) is 24.6. The topological polar surface area (TPSA) is 296 Å². The Labute approximate surface area is 302 Å². The number of amides is 6. The highest BCUT2D eigenvalue weighted by molar-refractivity contribution is 5.97. The molecule has 2 rings (SSSR count). The van der Waals surface area contributed by atoms with Gasteiger partial charge in [0.15, 0.2) is 0 Å². The van der Waals surface area contributed by atoms with Crippen molar-refractivity contribution in [1.29, 1.82) is 0 Å². The first kappa shape index (κ1) is 43.5. The molecule has 52 heavy (non-hydrogen) atoms. The number of nitrogens with zero attached hydrogens (tertiary/aromatic N) is 1. The summed E-state index contributed by atoms with van der Waals surface area (Å²) in [7, 11) is 0. The maximum absolute atomic E-state index is 13.8. The maximum atomic E-state index is 13.8. The van der Waals surface area contributed by atoms with Gasteiger partial charge in [-0.15, -0.1) is 0 Å². The van der Waals surface area contributed by atoms with Crippen LogP contribution in [0.15, 0.2) is 30.3 Å². The molecule has 1 heterocycles. The van der Waals surface area contributed by atoms with Gasteiger partial charge in [-0.25, -0.2) is 4.79 Å². The number of carbonyl (C=O) groups excluding carboxylic acids is 6. The van der Waals surface area contributed by atoms with E-state index in [-0.39, 0.29) is 25.8 Å². The molecule has 1 fully saturated rings. The van der Waals surface area contributed by atoms with E-state index in [2.05, 4.69) is 26.6 Å². The van der Waals surface area contributed by atoms with Crippen molar-refractivity contribution in [2.45, 2.75) is 102 Å². The third kappa shape index (κ3) is 13.5. The van der Waals surface area contributed by atoms with Crippen LogP contribution < -0.4 is 38.1 Å². The lowest BCUT2D eigenvalue weighted by Crippen LogP contribution is -2.61. The van der Waals surface area contributed by atoms with Gasteiger partial charge in [0, 0.05) is 13.0 Å². The van der Waals surface area contributed by atoms with Crippen LogP contribution in [0.25, 0.3) is 0 Å². The number of carboxylic acid groups (broad SMARTS) is 1. The molecule has 1 aromatic rings. The zero-order valence-electron chi connectivity index (χ0n) is 29.9. The van der Waals surface area contributed by atoms with Crippen LogP contribution >= 0.6 is 0 Å². The Balaban J connectivity index is 2.24. The van der Waals surface area contributed by atoms with E-state index >= 15 is 0 Å². The van der Waals surface area contributed by atoms with Gasteiger partial charge in [0.25, 0.3) is 0 Å². The van der Waals surface area contributed by atoms with E-state index < -0.39 is 103 Å². The van der Waals surface area contributed by atoms with Crippen molar-refractivity contribution in [2.75, 3.05) is 26.2 Å². The molecule has 0 radical (unpaired) electrons. The highest BCUT2D eigenvalue weighted by atomic mass is 16.4. The largest absolute Gasteiger partial charge is 0.480 e. The van der Waals surface area contributed by atoms with E-state index in [1.54, 1.807) is 44.2 Å². The van der Waals surface area contributed by atoms with Gasteiger partial charge in [-0.05, 0) is 57.1 Å². The second-order valence-corrected chi connectivity index (χ2v) is 13.1. The van der Waals surface area contributed by atoms with Gasteiger partial charge in [-0.3, -0.25) is 28.8 Å². The van der Waals surface area contributed by atoms with Crippen molar-refractivity contribution in [1.82, 2.24) is 31.5 Å². The predicted octanol–water partition coefficient (Wildman–Crippen LogP) is -3.15. The Morgan fingerprint density at radius 1 is 0.885 bits per heavy atom. The minimum absolute atomic E-state index is 0.0392.